The Kier molecular flexibility index (Phi) is 13.5. The highest BCUT2D eigenvalue weighted by molar-refractivity contribution is 5.86. The maximum Gasteiger partial charge on any atom is 0.194 e. The molecule has 6 rings (SSSR count). The number of aryl methyl sites for hydroxylation is 1. The summed E-state index contributed by atoms with van der Waals surface area (Å²) in [5.41, 5.74) is 9.82. The van der Waals surface area contributed by atoms with Gasteiger partial charge in [0, 0.05) is 11.0 Å². The van der Waals surface area contributed by atoms with Gasteiger partial charge in [-0.25, -0.2) is 17.6 Å². The molecule has 5 aromatic carbocycles. The van der Waals surface area contributed by atoms with Crippen LogP contribution in [-0.2, 0) is 11.8 Å². The van der Waals surface area contributed by atoms with Crippen molar-refractivity contribution in [3.05, 3.63) is 131 Å². The van der Waals surface area contributed by atoms with E-state index < -0.39 is 17.5 Å². The van der Waals surface area contributed by atoms with Crippen LogP contribution in [0.3, 0.4) is 0 Å². The molecule has 5 aromatic rings. The minimum absolute atomic E-state index is 0.249. The Bertz CT molecular complexity index is 1970. The summed E-state index contributed by atoms with van der Waals surface area (Å²) in [5, 5.41) is 0. The van der Waals surface area contributed by atoms with Crippen LogP contribution in [0.4, 0.5) is 17.6 Å². The monoisotopic (exact) mass is 732 g/mol. The van der Waals surface area contributed by atoms with Crippen molar-refractivity contribution in [2.75, 3.05) is 0 Å². The second-order valence-corrected chi connectivity index (χ2v) is 15.5. The smallest absolute Gasteiger partial charge is 0.194 e. The fourth-order valence-corrected chi connectivity index (χ4v) is 8.72. The lowest BCUT2D eigenvalue weighted by Crippen LogP contribution is -2.25. The van der Waals surface area contributed by atoms with Gasteiger partial charge >= 0.3 is 0 Å². The molecule has 0 heterocycles. The summed E-state index contributed by atoms with van der Waals surface area (Å²) in [4.78, 5) is 0. The first-order chi connectivity index (χ1) is 26.3. The molecule has 0 N–H and O–H groups in total. The molecule has 1 aliphatic carbocycles. The number of hydrogen-bond acceptors (Lipinski definition) is 0. The lowest BCUT2D eigenvalue weighted by atomic mass is 9.70. The molecule has 0 nitrogen and oxygen atoms in total. The van der Waals surface area contributed by atoms with Crippen LogP contribution < -0.4 is 0 Å². The van der Waals surface area contributed by atoms with Crippen LogP contribution in [-0.4, -0.2) is 0 Å². The number of fused-ring (bicyclic) bond motifs is 3. The maximum atomic E-state index is 16.2. The molecule has 0 amide bonds. The summed E-state index contributed by atoms with van der Waals surface area (Å²) >= 11 is 0. The van der Waals surface area contributed by atoms with Crippen LogP contribution >= 0.6 is 0 Å². The lowest BCUT2D eigenvalue weighted by Gasteiger charge is -2.33. The summed E-state index contributed by atoms with van der Waals surface area (Å²) in [6.45, 7) is 6.64. The molecule has 0 bridgehead atoms. The molecule has 0 unspecified atom stereocenters. The fourth-order valence-electron chi connectivity index (χ4n) is 8.72. The van der Waals surface area contributed by atoms with Gasteiger partial charge < -0.3 is 0 Å². The summed E-state index contributed by atoms with van der Waals surface area (Å²) in [6.07, 6.45) is 18.0. The van der Waals surface area contributed by atoms with Gasteiger partial charge in [0.05, 0.1) is 0 Å². The predicted octanol–water partition coefficient (Wildman–Crippen LogP) is 16.0. The third-order valence-electron chi connectivity index (χ3n) is 11.7. The molecule has 0 radical (unpaired) electrons. The van der Waals surface area contributed by atoms with Crippen LogP contribution in [0.2, 0.25) is 0 Å². The average Bonchev–Trinajstić information content (AvgIpc) is 3.44. The van der Waals surface area contributed by atoms with E-state index in [4.69, 9.17) is 0 Å². The summed E-state index contributed by atoms with van der Waals surface area (Å²) in [5.74, 6) is -4.08. The SMILES string of the molecule is CCCCCCCCC1(CCCCCCCC)c2cc(-c3cc(F)c(F)c(F)c3)ccc2-c2ccc(-c3ccc(-c4ccc(CCC)cc4)cc3F)cc21. The fraction of sp³-hybridized carbons (Fsp3) is 0.400. The van der Waals surface area contributed by atoms with Gasteiger partial charge in [-0.05, 0) is 105 Å². The Hall–Kier alpha value is -4.18. The highest BCUT2D eigenvalue weighted by atomic mass is 19.2. The summed E-state index contributed by atoms with van der Waals surface area (Å²) in [7, 11) is 0. The second-order valence-electron chi connectivity index (χ2n) is 15.5. The molecule has 0 atom stereocenters. The minimum Gasteiger partial charge on any atom is -0.206 e. The van der Waals surface area contributed by atoms with E-state index in [1.54, 1.807) is 6.07 Å². The van der Waals surface area contributed by atoms with Crippen LogP contribution in [0.5, 0.6) is 0 Å². The van der Waals surface area contributed by atoms with Crippen molar-refractivity contribution in [2.24, 2.45) is 0 Å². The van der Waals surface area contributed by atoms with E-state index in [0.717, 1.165) is 96.9 Å². The quantitative estimate of drug-likeness (QED) is 0.0450. The van der Waals surface area contributed by atoms with E-state index in [2.05, 4.69) is 69.3 Å². The molecule has 4 heteroatoms. The van der Waals surface area contributed by atoms with Crippen LogP contribution in [0, 0.1) is 23.3 Å². The third kappa shape index (κ3) is 8.69. The van der Waals surface area contributed by atoms with E-state index >= 15 is 4.39 Å². The largest absolute Gasteiger partial charge is 0.206 e. The third-order valence-corrected chi connectivity index (χ3v) is 11.7. The first-order valence-electron chi connectivity index (χ1n) is 20.6. The zero-order chi connectivity index (χ0) is 38.1. The van der Waals surface area contributed by atoms with Gasteiger partial charge in [0.15, 0.2) is 17.5 Å². The van der Waals surface area contributed by atoms with E-state index in [0.29, 0.717) is 16.7 Å². The topological polar surface area (TPSA) is 0 Å². The minimum atomic E-state index is -1.45. The molecule has 0 aromatic heterocycles. The molecule has 54 heavy (non-hydrogen) atoms. The highest BCUT2D eigenvalue weighted by Gasteiger charge is 2.42. The normalized spacial score (nSPS) is 12.9. The van der Waals surface area contributed by atoms with Crippen molar-refractivity contribution in [3.8, 4) is 44.5 Å². The van der Waals surface area contributed by atoms with Crippen molar-refractivity contribution in [1.82, 2.24) is 0 Å². The van der Waals surface area contributed by atoms with Gasteiger partial charge in [-0.2, -0.15) is 0 Å². The summed E-state index contributed by atoms with van der Waals surface area (Å²) in [6, 6.07) is 28.6. The van der Waals surface area contributed by atoms with Gasteiger partial charge in [-0.3, -0.25) is 0 Å². The first-order valence-corrected chi connectivity index (χ1v) is 20.6. The van der Waals surface area contributed by atoms with Crippen molar-refractivity contribution in [3.63, 3.8) is 0 Å². The Balaban J connectivity index is 1.42. The average molecular weight is 733 g/mol. The Morgan fingerprint density at radius 2 is 0.833 bits per heavy atom. The Morgan fingerprint density at radius 3 is 1.37 bits per heavy atom. The molecule has 1 aliphatic rings. The Morgan fingerprint density at radius 1 is 0.389 bits per heavy atom. The van der Waals surface area contributed by atoms with Crippen molar-refractivity contribution in [2.45, 2.75) is 129 Å². The van der Waals surface area contributed by atoms with Gasteiger partial charge in [0.1, 0.15) is 5.82 Å². The number of halogens is 4. The zero-order valence-electron chi connectivity index (χ0n) is 32.5. The molecule has 284 valence electrons. The number of hydrogen-bond donors (Lipinski definition) is 0. The maximum absolute atomic E-state index is 16.2. The van der Waals surface area contributed by atoms with Crippen LogP contribution in [0.15, 0.2) is 91.0 Å². The molecular weight excluding hydrogens is 677 g/mol. The van der Waals surface area contributed by atoms with Crippen molar-refractivity contribution >= 4 is 0 Å². The van der Waals surface area contributed by atoms with Crippen molar-refractivity contribution < 1.29 is 17.6 Å². The number of unbranched alkanes of at least 4 members (excludes halogenated alkanes) is 10. The molecular formula is C50H56F4. The molecule has 0 saturated heterocycles. The highest BCUT2D eigenvalue weighted by Crippen LogP contribution is 2.56. The van der Waals surface area contributed by atoms with Crippen LogP contribution in [0.1, 0.15) is 134 Å². The van der Waals surface area contributed by atoms with E-state index in [1.807, 2.05) is 24.3 Å². The van der Waals surface area contributed by atoms with Gasteiger partial charge in [-0.15, -0.1) is 0 Å². The molecule has 0 spiro atoms. The van der Waals surface area contributed by atoms with Gasteiger partial charge in [0.25, 0.3) is 0 Å². The molecule has 0 fully saturated rings. The van der Waals surface area contributed by atoms with E-state index in [9.17, 15) is 13.2 Å². The molecule has 0 aliphatic heterocycles. The predicted molar refractivity (Wildman–Crippen MR) is 219 cm³/mol. The van der Waals surface area contributed by atoms with E-state index in [-0.39, 0.29) is 11.2 Å². The molecule has 0 saturated carbocycles. The Labute approximate surface area is 321 Å². The number of rotatable bonds is 19. The van der Waals surface area contributed by atoms with Gasteiger partial charge in [0.2, 0.25) is 0 Å². The number of benzene rings is 5. The zero-order valence-corrected chi connectivity index (χ0v) is 32.5. The van der Waals surface area contributed by atoms with Gasteiger partial charge in [-0.1, -0.05) is 165 Å². The van der Waals surface area contributed by atoms with E-state index in [1.165, 1.54) is 62.5 Å². The first kappa shape index (κ1) is 39.5. The summed E-state index contributed by atoms with van der Waals surface area (Å²) < 4.78 is 59.2. The van der Waals surface area contributed by atoms with Crippen molar-refractivity contribution in [1.29, 1.82) is 0 Å². The lowest BCUT2D eigenvalue weighted by molar-refractivity contribution is 0.398. The van der Waals surface area contributed by atoms with Crippen LogP contribution in [0.25, 0.3) is 44.5 Å². The standard InChI is InChI=1S/C50H56F4/c1-4-7-9-11-13-15-28-50(29-16-14-12-10-8-5-2)44-30-37(40-33-47(52)49(54)48(53)34-40)23-26-42(44)43-27-24-39(31-45(43)50)41-25-22-38(32-46(41)51)36-20-18-35(17-6-3)19-21-36/h18-27,30-34H,4-17,28-29H2,1-3H3. The second kappa shape index (κ2) is 18.4.